The Morgan fingerprint density at radius 1 is 1.26 bits per heavy atom. The molecule has 166 valence electrons. The minimum atomic E-state index is -3.95. The molecule has 2 N–H and O–H groups in total. The van der Waals surface area contributed by atoms with E-state index in [1.54, 1.807) is 19.9 Å². The van der Waals surface area contributed by atoms with Crippen molar-refractivity contribution in [3.8, 4) is 11.5 Å². The monoisotopic (exact) mass is 464 g/mol. The first-order valence-corrected chi connectivity index (χ1v) is 12.3. The first-order valence-electron chi connectivity index (χ1n) is 9.94. The van der Waals surface area contributed by atoms with Crippen molar-refractivity contribution >= 4 is 32.2 Å². The fraction of sp³-hybridized carbons (Fsp3) is 0.400. The van der Waals surface area contributed by atoms with Gasteiger partial charge in [-0.1, -0.05) is 13.8 Å². The third-order valence-electron chi connectivity index (χ3n) is 4.85. The smallest absolute Gasteiger partial charge is 0.241 e. The lowest BCUT2D eigenvalue weighted by atomic mass is 10.1. The highest BCUT2D eigenvalue weighted by atomic mass is 32.2. The summed E-state index contributed by atoms with van der Waals surface area (Å²) in [6, 6.07) is 3.51. The molecular formula is C20H24N4O5S2. The van der Waals surface area contributed by atoms with Gasteiger partial charge in [0.15, 0.2) is 16.5 Å². The van der Waals surface area contributed by atoms with Crippen LogP contribution in [0.15, 0.2) is 40.9 Å². The van der Waals surface area contributed by atoms with E-state index in [1.807, 2.05) is 22.2 Å². The van der Waals surface area contributed by atoms with Crippen LogP contribution in [-0.4, -0.2) is 43.0 Å². The molecule has 0 saturated heterocycles. The molecule has 0 spiro atoms. The molecule has 1 atom stereocenters. The van der Waals surface area contributed by atoms with Gasteiger partial charge in [-0.15, -0.1) is 11.3 Å². The Balaban J connectivity index is 1.46. The summed E-state index contributed by atoms with van der Waals surface area (Å²) in [7, 11) is -3.95. The molecule has 0 radical (unpaired) electrons. The number of carbonyl (C=O) groups is 1. The molecule has 4 rings (SSSR count). The largest absolute Gasteiger partial charge is 0.490 e. The predicted octanol–water partition coefficient (Wildman–Crippen LogP) is 2.18. The van der Waals surface area contributed by atoms with E-state index in [2.05, 4.69) is 15.0 Å². The molecule has 0 saturated carbocycles. The summed E-state index contributed by atoms with van der Waals surface area (Å²) < 4.78 is 41.5. The zero-order valence-electron chi connectivity index (χ0n) is 17.2. The Morgan fingerprint density at radius 3 is 2.77 bits per heavy atom. The Bertz CT molecular complexity index is 1160. The van der Waals surface area contributed by atoms with Gasteiger partial charge in [-0.05, 0) is 18.1 Å². The third kappa shape index (κ3) is 4.83. The molecule has 0 bridgehead atoms. The molecule has 11 heteroatoms. The van der Waals surface area contributed by atoms with Gasteiger partial charge in [-0.3, -0.25) is 9.20 Å². The van der Waals surface area contributed by atoms with Crippen molar-refractivity contribution < 1.29 is 22.7 Å². The van der Waals surface area contributed by atoms with Gasteiger partial charge in [-0.2, -0.15) is 4.72 Å². The number of hydrogen-bond donors (Lipinski definition) is 2. The SMILES string of the molecule is CC(C)C(NS(=O)(=O)c1ccc2c(c1)OCCCO2)C(=O)NCc1cn2ccsc2n1. The number of amides is 1. The summed E-state index contributed by atoms with van der Waals surface area (Å²) in [6.45, 7) is 4.75. The molecule has 1 amide bonds. The Kier molecular flexibility index (Phi) is 6.17. The van der Waals surface area contributed by atoms with Crippen LogP contribution in [-0.2, 0) is 21.4 Å². The van der Waals surface area contributed by atoms with E-state index >= 15 is 0 Å². The number of aromatic nitrogens is 2. The molecule has 2 aromatic heterocycles. The van der Waals surface area contributed by atoms with E-state index < -0.39 is 22.0 Å². The number of nitrogens with one attached hydrogen (secondary N) is 2. The van der Waals surface area contributed by atoms with Crippen molar-refractivity contribution in [1.29, 1.82) is 0 Å². The lowest BCUT2D eigenvalue weighted by Crippen LogP contribution is -2.49. The summed E-state index contributed by atoms with van der Waals surface area (Å²) in [5, 5.41) is 4.71. The van der Waals surface area contributed by atoms with E-state index in [9.17, 15) is 13.2 Å². The number of nitrogens with zero attached hydrogens (tertiary/aromatic N) is 2. The molecule has 31 heavy (non-hydrogen) atoms. The quantitative estimate of drug-likeness (QED) is 0.554. The topological polar surface area (TPSA) is 111 Å². The zero-order valence-corrected chi connectivity index (χ0v) is 18.8. The molecule has 1 aromatic carbocycles. The van der Waals surface area contributed by atoms with Crippen molar-refractivity contribution in [3.05, 3.63) is 41.7 Å². The minimum Gasteiger partial charge on any atom is -0.490 e. The Labute approximate surface area is 184 Å². The number of benzene rings is 1. The van der Waals surface area contributed by atoms with E-state index in [0.717, 1.165) is 11.4 Å². The molecular weight excluding hydrogens is 440 g/mol. The fourth-order valence-electron chi connectivity index (χ4n) is 3.19. The van der Waals surface area contributed by atoms with Gasteiger partial charge in [0.05, 0.1) is 30.3 Å². The van der Waals surface area contributed by atoms with Crippen LogP contribution in [0.5, 0.6) is 11.5 Å². The summed E-state index contributed by atoms with van der Waals surface area (Å²) >= 11 is 1.50. The van der Waals surface area contributed by atoms with E-state index in [1.165, 1.54) is 23.5 Å². The number of rotatable bonds is 7. The molecule has 1 unspecified atom stereocenters. The second-order valence-electron chi connectivity index (χ2n) is 7.54. The number of ether oxygens (including phenoxy) is 2. The van der Waals surface area contributed by atoms with Gasteiger partial charge in [0.25, 0.3) is 0 Å². The van der Waals surface area contributed by atoms with Crippen LogP contribution in [0.1, 0.15) is 26.0 Å². The van der Waals surface area contributed by atoms with Crippen molar-refractivity contribution in [2.75, 3.05) is 13.2 Å². The van der Waals surface area contributed by atoms with E-state index in [0.29, 0.717) is 30.4 Å². The fourth-order valence-corrected chi connectivity index (χ4v) is 5.27. The molecule has 1 aliphatic heterocycles. The van der Waals surface area contributed by atoms with Crippen molar-refractivity contribution in [2.45, 2.75) is 37.8 Å². The summed E-state index contributed by atoms with van der Waals surface area (Å²) in [4.78, 5) is 18.1. The lowest BCUT2D eigenvalue weighted by Gasteiger charge is -2.21. The van der Waals surface area contributed by atoms with Crippen LogP contribution in [0.4, 0.5) is 0 Å². The van der Waals surface area contributed by atoms with Crippen LogP contribution in [0.2, 0.25) is 0 Å². The maximum absolute atomic E-state index is 13.0. The highest BCUT2D eigenvalue weighted by Gasteiger charge is 2.29. The predicted molar refractivity (Wildman–Crippen MR) is 116 cm³/mol. The summed E-state index contributed by atoms with van der Waals surface area (Å²) in [5.74, 6) is 0.213. The van der Waals surface area contributed by atoms with E-state index in [4.69, 9.17) is 9.47 Å². The highest BCUT2D eigenvalue weighted by molar-refractivity contribution is 7.89. The van der Waals surface area contributed by atoms with Crippen LogP contribution in [0.25, 0.3) is 4.96 Å². The number of thiazole rings is 1. The molecule has 3 aromatic rings. The van der Waals surface area contributed by atoms with Crippen LogP contribution >= 0.6 is 11.3 Å². The molecule has 1 aliphatic rings. The van der Waals surface area contributed by atoms with Gasteiger partial charge in [-0.25, -0.2) is 13.4 Å². The highest BCUT2D eigenvalue weighted by Crippen LogP contribution is 2.32. The number of sulfonamides is 1. The maximum Gasteiger partial charge on any atom is 0.241 e. The average Bonchev–Trinajstić information content (AvgIpc) is 3.24. The third-order valence-corrected chi connectivity index (χ3v) is 7.06. The van der Waals surface area contributed by atoms with E-state index in [-0.39, 0.29) is 17.4 Å². The zero-order chi connectivity index (χ0) is 22.0. The van der Waals surface area contributed by atoms with Crippen molar-refractivity contribution in [3.63, 3.8) is 0 Å². The standard InChI is InChI=1S/C20H24N4O5S2/c1-13(2)18(19(25)21-11-14-12-24-6-9-30-20(24)22-14)23-31(26,27)15-4-5-16-17(10-15)29-8-3-7-28-16/h4-6,9-10,12-13,18,23H,3,7-8,11H2,1-2H3,(H,21,25). The van der Waals surface area contributed by atoms with Gasteiger partial charge in [0.1, 0.15) is 6.04 Å². The summed E-state index contributed by atoms with van der Waals surface area (Å²) in [6.07, 6.45) is 4.44. The number of fused-ring (bicyclic) bond motifs is 2. The first-order chi connectivity index (χ1) is 14.8. The average molecular weight is 465 g/mol. The molecule has 3 heterocycles. The summed E-state index contributed by atoms with van der Waals surface area (Å²) in [5.41, 5.74) is 0.702. The Hall–Kier alpha value is -2.63. The second kappa shape index (κ2) is 8.85. The van der Waals surface area contributed by atoms with Crippen LogP contribution in [0.3, 0.4) is 0 Å². The first kappa shape index (κ1) is 21.6. The van der Waals surface area contributed by atoms with Gasteiger partial charge < -0.3 is 14.8 Å². The lowest BCUT2D eigenvalue weighted by molar-refractivity contribution is -0.123. The van der Waals surface area contributed by atoms with Gasteiger partial charge >= 0.3 is 0 Å². The second-order valence-corrected chi connectivity index (χ2v) is 10.1. The van der Waals surface area contributed by atoms with Crippen LogP contribution in [0, 0.1) is 5.92 Å². The van der Waals surface area contributed by atoms with Crippen molar-refractivity contribution in [2.24, 2.45) is 5.92 Å². The molecule has 0 fully saturated rings. The normalized spacial score (nSPS) is 15.1. The van der Waals surface area contributed by atoms with Crippen LogP contribution < -0.4 is 19.5 Å². The number of carbonyl (C=O) groups excluding carboxylic acids is 1. The number of hydrogen-bond acceptors (Lipinski definition) is 7. The van der Waals surface area contributed by atoms with Gasteiger partial charge in [0, 0.05) is 30.3 Å². The van der Waals surface area contributed by atoms with Crippen molar-refractivity contribution in [1.82, 2.24) is 19.4 Å². The van der Waals surface area contributed by atoms with Gasteiger partial charge in [0.2, 0.25) is 15.9 Å². The minimum absolute atomic E-state index is 0.0181. The Morgan fingerprint density at radius 2 is 2.03 bits per heavy atom. The molecule has 0 aliphatic carbocycles. The number of imidazole rings is 1. The maximum atomic E-state index is 13.0. The molecule has 9 nitrogen and oxygen atoms in total.